The Balaban J connectivity index is 1.72. The van der Waals surface area contributed by atoms with Gasteiger partial charge in [-0.1, -0.05) is 29.8 Å². The van der Waals surface area contributed by atoms with Gasteiger partial charge in [0.05, 0.1) is 10.6 Å². The largest absolute Gasteiger partial charge is 0.404 e. The average Bonchev–Trinajstić information content (AvgIpc) is 2.90. The van der Waals surface area contributed by atoms with Gasteiger partial charge in [0, 0.05) is 18.2 Å². The fraction of sp³-hybridized carbons (Fsp3) is 0.176. The lowest BCUT2D eigenvalue weighted by Crippen LogP contribution is -2.40. The molecule has 26 heavy (non-hydrogen) atoms. The standard InChI is InChI=1S/C17H14ClN3O4S/c1-21-15(17(22)20-14-8-4-7-13(18)19-14)11-9-26(23,24)12-6-3-2-5-10(12)16(11)25-21/h2-8,15H,9H2,1H3,(H,19,20,22). The number of hydrogen-bond donors (Lipinski definition) is 1. The van der Waals surface area contributed by atoms with Crippen LogP contribution >= 0.6 is 11.6 Å². The number of carbonyl (C=O) groups excluding carboxylic acids is 1. The lowest BCUT2D eigenvalue weighted by Gasteiger charge is -2.19. The van der Waals surface area contributed by atoms with E-state index in [0.717, 1.165) is 0 Å². The van der Waals surface area contributed by atoms with Crippen LogP contribution in [0.25, 0.3) is 5.76 Å². The first-order valence-electron chi connectivity index (χ1n) is 7.76. The highest BCUT2D eigenvalue weighted by Gasteiger charge is 2.45. The molecular weight excluding hydrogens is 378 g/mol. The van der Waals surface area contributed by atoms with E-state index in [2.05, 4.69) is 10.3 Å². The number of aromatic nitrogens is 1. The number of likely N-dealkylation sites (N-methyl/N-ethyl adjacent to an activating group) is 1. The van der Waals surface area contributed by atoms with Crippen molar-refractivity contribution in [1.82, 2.24) is 10.0 Å². The number of nitrogens with zero attached hydrogens (tertiary/aromatic N) is 2. The maximum Gasteiger partial charge on any atom is 0.250 e. The molecule has 0 spiro atoms. The molecule has 9 heteroatoms. The van der Waals surface area contributed by atoms with E-state index in [4.69, 9.17) is 16.4 Å². The normalized spacial score (nSPS) is 20.9. The van der Waals surface area contributed by atoms with E-state index in [1.807, 2.05) is 0 Å². The number of benzene rings is 1. The zero-order valence-electron chi connectivity index (χ0n) is 13.6. The zero-order chi connectivity index (χ0) is 18.5. The van der Waals surface area contributed by atoms with Gasteiger partial charge in [-0.3, -0.25) is 4.79 Å². The van der Waals surface area contributed by atoms with E-state index in [-0.39, 0.29) is 21.6 Å². The van der Waals surface area contributed by atoms with Crippen LogP contribution in [0.1, 0.15) is 5.56 Å². The maximum atomic E-state index is 12.8. The van der Waals surface area contributed by atoms with Crippen molar-refractivity contribution in [2.24, 2.45) is 0 Å². The minimum Gasteiger partial charge on any atom is -0.404 e. The van der Waals surface area contributed by atoms with Gasteiger partial charge < -0.3 is 10.2 Å². The number of hydrogen-bond acceptors (Lipinski definition) is 6. The number of pyridine rings is 1. The van der Waals surface area contributed by atoms with E-state index in [9.17, 15) is 13.2 Å². The summed E-state index contributed by atoms with van der Waals surface area (Å²) in [5.41, 5.74) is 0.877. The van der Waals surface area contributed by atoms with Crippen molar-refractivity contribution in [2.45, 2.75) is 10.9 Å². The molecule has 0 saturated carbocycles. The molecule has 0 bridgehead atoms. The smallest absolute Gasteiger partial charge is 0.250 e. The summed E-state index contributed by atoms with van der Waals surface area (Å²) in [6.07, 6.45) is 0. The van der Waals surface area contributed by atoms with Crippen molar-refractivity contribution < 1.29 is 18.0 Å². The molecule has 0 radical (unpaired) electrons. The molecule has 1 amide bonds. The van der Waals surface area contributed by atoms with Crippen LogP contribution in [0.2, 0.25) is 5.15 Å². The molecule has 1 aromatic carbocycles. The minimum atomic E-state index is -3.55. The molecule has 1 N–H and O–H groups in total. The molecule has 134 valence electrons. The van der Waals surface area contributed by atoms with Crippen LogP contribution in [0.5, 0.6) is 0 Å². The van der Waals surface area contributed by atoms with Crippen molar-refractivity contribution in [2.75, 3.05) is 18.1 Å². The molecule has 0 fully saturated rings. The Labute approximate surface area is 155 Å². The first-order valence-corrected chi connectivity index (χ1v) is 9.79. The Morgan fingerprint density at radius 3 is 2.81 bits per heavy atom. The molecule has 0 saturated heterocycles. The van der Waals surface area contributed by atoms with Crippen LogP contribution in [0.3, 0.4) is 0 Å². The summed E-state index contributed by atoms with van der Waals surface area (Å²) in [5, 5.41) is 4.25. The SMILES string of the molecule is CN1OC2=C(CS(=O)(=O)c3ccccc32)C1C(=O)Nc1cccc(Cl)n1. The third kappa shape index (κ3) is 2.76. The molecule has 7 nitrogen and oxygen atoms in total. The summed E-state index contributed by atoms with van der Waals surface area (Å²) in [6.45, 7) is 0. The molecule has 1 unspecified atom stereocenters. The first kappa shape index (κ1) is 17.0. The van der Waals surface area contributed by atoms with Crippen LogP contribution in [-0.4, -0.2) is 43.2 Å². The number of rotatable bonds is 2. The molecule has 2 aliphatic heterocycles. The van der Waals surface area contributed by atoms with Crippen molar-refractivity contribution in [3.8, 4) is 0 Å². The Hall–Kier alpha value is -2.42. The lowest BCUT2D eigenvalue weighted by molar-refractivity contribution is -0.131. The van der Waals surface area contributed by atoms with Crippen molar-refractivity contribution in [3.63, 3.8) is 0 Å². The fourth-order valence-corrected chi connectivity index (χ4v) is 4.97. The molecule has 2 aliphatic rings. The van der Waals surface area contributed by atoms with Crippen LogP contribution in [-0.2, 0) is 19.5 Å². The molecule has 3 heterocycles. The summed E-state index contributed by atoms with van der Waals surface area (Å²) in [7, 11) is -1.96. The van der Waals surface area contributed by atoms with Crippen molar-refractivity contribution >= 4 is 38.9 Å². The quantitative estimate of drug-likeness (QED) is 0.789. The van der Waals surface area contributed by atoms with Gasteiger partial charge in [0.25, 0.3) is 5.91 Å². The van der Waals surface area contributed by atoms with Crippen molar-refractivity contribution in [3.05, 3.63) is 58.8 Å². The Morgan fingerprint density at radius 1 is 1.27 bits per heavy atom. The number of sulfone groups is 1. The second kappa shape index (κ2) is 6.08. The number of amides is 1. The summed E-state index contributed by atoms with van der Waals surface area (Å²) in [5.74, 6) is -0.0203. The highest BCUT2D eigenvalue weighted by atomic mass is 35.5. The number of fused-ring (bicyclic) bond motifs is 2. The van der Waals surface area contributed by atoms with Gasteiger partial charge in [-0.15, -0.1) is 5.06 Å². The molecular formula is C17H14ClN3O4S. The highest BCUT2D eigenvalue weighted by molar-refractivity contribution is 7.91. The summed E-state index contributed by atoms with van der Waals surface area (Å²) in [6, 6.07) is 10.6. The molecule has 1 aromatic heterocycles. The van der Waals surface area contributed by atoms with Crippen LogP contribution in [0.15, 0.2) is 52.9 Å². The average molecular weight is 392 g/mol. The molecule has 0 aliphatic carbocycles. The van der Waals surface area contributed by atoms with E-state index < -0.39 is 21.8 Å². The summed E-state index contributed by atoms with van der Waals surface area (Å²) >= 11 is 5.83. The topological polar surface area (TPSA) is 88.6 Å². The predicted octanol–water partition coefficient (Wildman–Crippen LogP) is 2.12. The van der Waals surface area contributed by atoms with E-state index in [1.165, 1.54) is 5.06 Å². The second-order valence-corrected chi connectivity index (χ2v) is 8.33. The van der Waals surface area contributed by atoms with Gasteiger partial charge in [0.1, 0.15) is 11.0 Å². The van der Waals surface area contributed by atoms with E-state index >= 15 is 0 Å². The van der Waals surface area contributed by atoms with Gasteiger partial charge in [-0.05, 0) is 24.3 Å². The molecule has 4 rings (SSSR count). The number of nitrogens with one attached hydrogen (secondary N) is 1. The van der Waals surface area contributed by atoms with Crippen LogP contribution < -0.4 is 5.32 Å². The third-order valence-electron chi connectivity index (χ3n) is 4.25. The monoisotopic (exact) mass is 391 g/mol. The van der Waals surface area contributed by atoms with E-state index in [1.54, 1.807) is 49.5 Å². The maximum absolute atomic E-state index is 12.8. The first-order chi connectivity index (χ1) is 12.4. The predicted molar refractivity (Wildman–Crippen MR) is 95.9 cm³/mol. The van der Waals surface area contributed by atoms with Gasteiger partial charge >= 0.3 is 0 Å². The third-order valence-corrected chi connectivity index (χ3v) is 6.18. The van der Waals surface area contributed by atoms with Gasteiger partial charge in [0.15, 0.2) is 21.6 Å². The van der Waals surface area contributed by atoms with E-state index in [0.29, 0.717) is 16.9 Å². The number of halogens is 1. The summed E-state index contributed by atoms with van der Waals surface area (Å²) < 4.78 is 25.2. The molecule has 2 aromatic rings. The Kier molecular flexibility index (Phi) is 3.98. The van der Waals surface area contributed by atoms with Gasteiger partial charge in [-0.25, -0.2) is 13.4 Å². The Morgan fingerprint density at radius 2 is 2.04 bits per heavy atom. The fourth-order valence-electron chi connectivity index (χ4n) is 3.17. The highest BCUT2D eigenvalue weighted by Crippen LogP contribution is 2.41. The number of hydroxylamine groups is 2. The minimum absolute atomic E-state index is 0.213. The van der Waals surface area contributed by atoms with Crippen LogP contribution in [0, 0.1) is 0 Å². The van der Waals surface area contributed by atoms with Crippen molar-refractivity contribution in [1.29, 1.82) is 0 Å². The summed E-state index contributed by atoms with van der Waals surface area (Å²) in [4.78, 5) is 22.7. The van der Waals surface area contributed by atoms with Gasteiger partial charge in [-0.2, -0.15) is 0 Å². The van der Waals surface area contributed by atoms with Crippen LogP contribution in [0.4, 0.5) is 5.82 Å². The Bertz CT molecular complexity index is 1050. The number of carbonyl (C=O) groups is 1. The molecule has 1 atom stereocenters. The zero-order valence-corrected chi connectivity index (χ0v) is 15.2. The van der Waals surface area contributed by atoms with Gasteiger partial charge in [0.2, 0.25) is 0 Å². The number of anilines is 1. The second-order valence-electron chi connectivity index (χ2n) is 5.98. The lowest BCUT2D eigenvalue weighted by atomic mass is 10.0.